The van der Waals surface area contributed by atoms with Crippen LogP contribution in [0.2, 0.25) is 18.1 Å². The van der Waals surface area contributed by atoms with Crippen molar-refractivity contribution in [2.45, 2.75) is 264 Å². The van der Waals surface area contributed by atoms with Gasteiger partial charge in [-0.2, -0.15) is 0 Å². The number of hydrogen-bond acceptors (Lipinski definition) is 12. The SMILES string of the molecule is CCCCCCCCCCCCCCCCCC[N+](C)(C)CCC[Si](OC)(OC)OC.CCCCCCCCCC[N+](C)(CCCCCCCCCC)CCC[Si](OC)(OC)OC.CP(=O)([O-])OCCC[Si](O)(O)O.[Cl-].[Cl-].[Na+]. The van der Waals surface area contributed by atoms with Crippen LogP contribution in [-0.2, 0) is 35.6 Å². The van der Waals surface area contributed by atoms with Crippen LogP contribution in [0.4, 0.5) is 0 Å². The first-order valence-electron chi connectivity index (χ1n) is 30.7. The first-order chi connectivity index (χ1) is 35.7. The molecule has 0 saturated heterocycles. The van der Waals surface area contributed by atoms with Crippen molar-refractivity contribution >= 4 is 34.0 Å². The van der Waals surface area contributed by atoms with E-state index in [1.165, 1.54) is 236 Å². The fourth-order valence-electron chi connectivity index (χ4n) is 9.84. The standard InChI is InChI=1S/C27H60NO3Si.C26H58NO3Si.C4H13O6PSi.2ClH.Na/c1-7-9-11-13-15-17-19-21-24-28(3,25-22-20-18-16-14-12-10-8-2)26-23-27-32(29-4,30-5)31-6;1-7-8-9-10-11-12-13-14-15-16-17-18-19-20-21-22-24-27(2,3)25-23-26-31(28-4,29-5)30-6;1-11(5,6)10-3-2-4-12(7,8)9;;;/h7-27H2,1-6H3;7-26H2,1-6H3;7-9H,2-4H2,1H3,(H,5,6);2*1H;/q2*+1;;;;+1/p-3. The molecule has 1 atom stereocenters. The van der Waals surface area contributed by atoms with Crippen molar-refractivity contribution in [1.82, 2.24) is 0 Å². The minimum Gasteiger partial charge on any atom is -1.00 e. The monoisotopic (exact) mass is 1240 g/mol. The number of rotatable bonds is 54. The second-order valence-corrected chi connectivity index (χ2v) is 32.7. The predicted molar refractivity (Wildman–Crippen MR) is 321 cm³/mol. The van der Waals surface area contributed by atoms with Crippen LogP contribution >= 0.6 is 7.60 Å². The molecule has 21 heteroatoms. The topological polar surface area (TPSA) is 165 Å². The fourth-order valence-corrected chi connectivity index (χ4v) is 14.3. The second-order valence-electron chi connectivity index (χ2n) is 22.7. The quantitative estimate of drug-likeness (QED) is 0.0321. The molecule has 0 spiro atoms. The van der Waals surface area contributed by atoms with Crippen LogP contribution in [-0.4, -0.2) is 160 Å². The van der Waals surface area contributed by atoms with Gasteiger partial charge in [0.05, 0.1) is 60.5 Å². The van der Waals surface area contributed by atoms with Gasteiger partial charge in [0, 0.05) is 80.3 Å². The molecule has 0 aliphatic rings. The van der Waals surface area contributed by atoms with E-state index in [-0.39, 0.29) is 73.4 Å². The first kappa shape index (κ1) is 91.1. The van der Waals surface area contributed by atoms with Gasteiger partial charge in [-0.3, -0.25) is 0 Å². The average Bonchev–Trinajstić information content (AvgIpc) is 3.37. The Kier molecular flexibility index (Phi) is 70.8. The molecule has 0 saturated carbocycles. The molecule has 14 nitrogen and oxygen atoms in total. The van der Waals surface area contributed by atoms with Gasteiger partial charge in [0.2, 0.25) is 0 Å². The molecule has 0 radical (unpaired) electrons. The van der Waals surface area contributed by atoms with E-state index in [0.717, 1.165) is 42.6 Å². The minimum atomic E-state index is -4.03. The van der Waals surface area contributed by atoms with Crippen LogP contribution in [0.25, 0.3) is 0 Å². The molecule has 0 aromatic rings. The summed E-state index contributed by atoms with van der Waals surface area (Å²) in [6.07, 6.45) is 47.6. The Bertz CT molecular complexity index is 1210. The number of hydrogen-bond donors (Lipinski definition) is 3. The van der Waals surface area contributed by atoms with Gasteiger partial charge in [-0.15, -0.1) is 0 Å². The van der Waals surface area contributed by atoms with Gasteiger partial charge in [0.15, 0.2) is 0 Å². The molecule has 0 bridgehead atoms. The third-order valence-electron chi connectivity index (χ3n) is 15.0. The van der Waals surface area contributed by atoms with Crippen molar-refractivity contribution in [3.05, 3.63) is 0 Å². The normalized spacial score (nSPS) is 12.8. The van der Waals surface area contributed by atoms with Gasteiger partial charge < -0.3 is 88.7 Å². The van der Waals surface area contributed by atoms with Crippen molar-refractivity contribution in [2.75, 3.05) is 110 Å². The van der Waals surface area contributed by atoms with Crippen molar-refractivity contribution in [3.8, 4) is 0 Å². The third-order valence-corrected chi connectivity index (χ3v) is 22.3. The van der Waals surface area contributed by atoms with Crippen molar-refractivity contribution in [3.63, 3.8) is 0 Å². The van der Waals surface area contributed by atoms with E-state index in [4.69, 9.17) is 40.9 Å². The third kappa shape index (κ3) is 62.5. The summed E-state index contributed by atoms with van der Waals surface area (Å²) in [6.45, 7) is 13.9. The number of quaternary nitrogens is 2. The molecule has 0 aliphatic carbocycles. The summed E-state index contributed by atoms with van der Waals surface area (Å²) in [5.41, 5.74) is 0. The Morgan fingerprint density at radius 2 is 0.615 bits per heavy atom. The summed E-state index contributed by atoms with van der Waals surface area (Å²) in [6, 6.07) is 1.60. The zero-order valence-corrected chi connectivity index (χ0v) is 61.1. The summed E-state index contributed by atoms with van der Waals surface area (Å²) in [7, 11) is 4.88. The minimum absolute atomic E-state index is 0. The van der Waals surface area contributed by atoms with Crippen LogP contribution in [0.1, 0.15) is 245 Å². The molecule has 0 rings (SSSR count). The Labute approximate surface area is 522 Å². The van der Waals surface area contributed by atoms with Crippen LogP contribution in [0.5, 0.6) is 0 Å². The Hall–Kier alpha value is 1.94. The van der Waals surface area contributed by atoms with E-state index in [1.54, 1.807) is 42.7 Å². The largest absolute Gasteiger partial charge is 1.00 e. The van der Waals surface area contributed by atoms with Crippen molar-refractivity contribution < 1.29 is 118 Å². The number of unbranched alkanes of at least 4 members (excludes halogenated alkanes) is 29. The summed E-state index contributed by atoms with van der Waals surface area (Å²) < 4.78 is 50.5. The zero-order valence-electron chi connectivity index (χ0n) is 53.7. The van der Waals surface area contributed by atoms with Crippen LogP contribution < -0.4 is 59.3 Å². The van der Waals surface area contributed by atoms with E-state index in [1.807, 2.05) is 0 Å². The van der Waals surface area contributed by atoms with E-state index < -0.39 is 34.0 Å². The summed E-state index contributed by atoms with van der Waals surface area (Å²) in [4.78, 5) is 35.9. The maximum atomic E-state index is 10.4. The van der Waals surface area contributed by atoms with Gasteiger partial charge in [-0.05, 0) is 44.9 Å². The van der Waals surface area contributed by atoms with Crippen molar-refractivity contribution in [1.29, 1.82) is 0 Å². The summed E-state index contributed by atoms with van der Waals surface area (Å²) in [5, 5.41) is 0. The molecular formula is C57H130Cl2N2NaO12PSi3. The molecule has 0 fully saturated rings. The summed E-state index contributed by atoms with van der Waals surface area (Å²) in [5.74, 6) is 0. The fraction of sp³-hybridized carbons (Fsp3) is 1.00. The second kappa shape index (κ2) is 60.6. The maximum absolute atomic E-state index is 10.4. The average molecular weight is 1240 g/mol. The van der Waals surface area contributed by atoms with E-state index in [9.17, 15) is 9.46 Å². The van der Waals surface area contributed by atoms with E-state index in [0.29, 0.717) is 0 Å². The first-order valence-corrected chi connectivity index (χ1v) is 38.6. The van der Waals surface area contributed by atoms with Gasteiger partial charge >= 0.3 is 56.0 Å². The predicted octanol–water partition coefficient (Wildman–Crippen LogP) is 5.08. The smallest absolute Gasteiger partial charge is 1.00 e. The van der Waals surface area contributed by atoms with Gasteiger partial charge in [-0.1, -0.05) is 188 Å². The van der Waals surface area contributed by atoms with E-state index in [2.05, 4.69) is 46.4 Å². The Balaban J connectivity index is -0.000000266. The van der Waals surface area contributed by atoms with Crippen LogP contribution in [0.15, 0.2) is 0 Å². The number of halogens is 2. The maximum Gasteiger partial charge on any atom is 1.00 e. The molecule has 0 aromatic carbocycles. The van der Waals surface area contributed by atoms with E-state index >= 15 is 0 Å². The molecular weight excluding hydrogens is 1110 g/mol. The molecule has 0 amide bonds. The molecule has 1 unspecified atom stereocenters. The molecule has 0 heterocycles. The number of nitrogens with zero attached hydrogens (tertiary/aromatic N) is 2. The molecule has 3 N–H and O–H groups in total. The van der Waals surface area contributed by atoms with Crippen molar-refractivity contribution in [2.24, 2.45) is 0 Å². The zero-order chi connectivity index (χ0) is 57.1. The Morgan fingerprint density at radius 3 is 0.872 bits per heavy atom. The van der Waals surface area contributed by atoms with Crippen LogP contribution in [0, 0.1) is 0 Å². The Morgan fingerprint density at radius 1 is 0.385 bits per heavy atom. The molecule has 0 aliphatic heterocycles. The summed E-state index contributed by atoms with van der Waals surface area (Å²) >= 11 is 0. The molecule has 472 valence electrons. The van der Waals surface area contributed by atoms with Gasteiger partial charge in [-0.25, -0.2) is 0 Å². The van der Waals surface area contributed by atoms with Crippen LogP contribution in [0.3, 0.4) is 0 Å². The molecule has 78 heavy (non-hydrogen) atoms. The van der Waals surface area contributed by atoms with Gasteiger partial charge in [0.25, 0.3) is 0 Å². The van der Waals surface area contributed by atoms with Gasteiger partial charge in [0.1, 0.15) is 7.60 Å². The molecule has 0 aromatic heterocycles.